The number of rotatable bonds is 5. The standard InChI is InChI=1S/C20H21N3O2S/c24-20(13-18-17-6-1-2-7-19(17)25-22-18)21-16-5-3-4-15(12-16)14-23-8-10-26-11-9-23/h1-7,12H,8-11,13-14H2,(H,21,24). The lowest BCUT2D eigenvalue weighted by Crippen LogP contribution is -2.31. The SMILES string of the molecule is O=C(Cc1noc2ccccc12)Nc1cccc(CN2CCSCC2)c1. The van der Waals surface area contributed by atoms with Gasteiger partial charge in [-0.05, 0) is 29.8 Å². The largest absolute Gasteiger partial charge is 0.356 e. The molecule has 1 N–H and O–H groups in total. The normalized spacial score (nSPS) is 15.2. The smallest absolute Gasteiger partial charge is 0.230 e. The van der Waals surface area contributed by atoms with Crippen LogP contribution in [0.2, 0.25) is 0 Å². The number of carbonyl (C=O) groups excluding carboxylic acids is 1. The van der Waals surface area contributed by atoms with Crippen molar-refractivity contribution in [2.75, 3.05) is 29.9 Å². The van der Waals surface area contributed by atoms with E-state index in [0.717, 1.165) is 30.7 Å². The van der Waals surface area contributed by atoms with Gasteiger partial charge in [-0.2, -0.15) is 11.8 Å². The van der Waals surface area contributed by atoms with E-state index in [9.17, 15) is 4.79 Å². The van der Waals surface area contributed by atoms with Crippen molar-refractivity contribution in [3.63, 3.8) is 0 Å². The zero-order chi connectivity index (χ0) is 17.8. The van der Waals surface area contributed by atoms with Gasteiger partial charge in [-0.25, -0.2) is 0 Å². The summed E-state index contributed by atoms with van der Waals surface area (Å²) in [5.41, 5.74) is 3.42. The molecule has 1 aliphatic rings. The zero-order valence-electron chi connectivity index (χ0n) is 14.5. The Morgan fingerprint density at radius 1 is 1.15 bits per heavy atom. The van der Waals surface area contributed by atoms with Crippen LogP contribution in [0.1, 0.15) is 11.3 Å². The molecule has 5 nitrogen and oxygen atoms in total. The van der Waals surface area contributed by atoms with Crippen LogP contribution in [0.25, 0.3) is 11.0 Å². The maximum Gasteiger partial charge on any atom is 0.230 e. The van der Waals surface area contributed by atoms with Gasteiger partial charge in [0.1, 0.15) is 5.69 Å². The maximum atomic E-state index is 12.4. The lowest BCUT2D eigenvalue weighted by Gasteiger charge is -2.26. The molecule has 0 unspecified atom stereocenters. The number of aromatic nitrogens is 1. The Hall–Kier alpha value is -2.31. The van der Waals surface area contributed by atoms with Crippen LogP contribution in [0, 0.1) is 0 Å². The number of anilines is 1. The van der Waals surface area contributed by atoms with Crippen LogP contribution in [0.5, 0.6) is 0 Å². The number of benzene rings is 2. The molecule has 6 heteroatoms. The Bertz CT molecular complexity index is 903. The highest BCUT2D eigenvalue weighted by Gasteiger charge is 2.13. The van der Waals surface area contributed by atoms with Gasteiger partial charge >= 0.3 is 0 Å². The Morgan fingerprint density at radius 2 is 2.00 bits per heavy atom. The van der Waals surface area contributed by atoms with Gasteiger partial charge in [-0.1, -0.05) is 29.4 Å². The minimum atomic E-state index is -0.0874. The van der Waals surface area contributed by atoms with Crippen LogP contribution in [-0.2, 0) is 17.8 Å². The highest BCUT2D eigenvalue weighted by molar-refractivity contribution is 7.99. The van der Waals surface area contributed by atoms with E-state index in [4.69, 9.17) is 4.52 Å². The molecule has 0 saturated carbocycles. The van der Waals surface area contributed by atoms with Crippen LogP contribution in [0.4, 0.5) is 5.69 Å². The number of carbonyl (C=O) groups is 1. The average molecular weight is 367 g/mol. The summed E-state index contributed by atoms with van der Waals surface area (Å²) in [7, 11) is 0. The number of thioether (sulfide) groups is 1. The highest BCUT2D eigenvalue weighted by atomic mass is 32.2. The average Bonchev–Trinajstić information content (AvgIpc) is 3.06. The third-order valence-electron chi connectivity index (χ3n) is 4.50. The molecule has 0 atom stereocenters. The molecule has 0 aliphatic carbocycles. The van der Waals surface area contributed by atoms with Crippen LogP contribution >= 0.6 is 11.8 Å². The van der Waals surface area contributed by atoms with Gasteiger partial charge in [0.05, 0.1) is 6.42 Å². The lowest BCUT2D eigenvalue weighted by molar-refractivity contribution is -0.115. The Labute approximate surface area is 156 Å². The van der Waals surface area contributed by atoms with Crippen molar-refractivity contribution < 1.29 is 9.32 Å². The monoisotopic (exact) mass is 367 g/mol. The first kappa shape index (κ1) is 17.1. The third-order valence-corrected chi connectivity index (χ3v) is 5.44. The van der Waals surface area contributed by atoms with E-state index in [-0.39, 0.29) is 12.3 Å². The Morgan fingerprint density at radius 3 is 2.88 bits per heavy atom. The van der Waals surface area contributed by atoms with E-state index in [1.54, 1.807) is 0 Å². The molecule has 1 aromatic heterocycles. The second kappa shape index (κ2) is 7.93. The number of fused-ring (bicyclic) bond motifs is 1. The summed E-state index contributed by atoms with van der Waals surface area (Å²) in [5, 5.41) is 7.89. The summed E-state index contributed by atoms with van der Waals surface area (Å²) in [5.74, 6) is 2.31. The molecule has 1 fully saturated rings. The lowest BCUT2D eigenvalue weighted by atomic mass is 10.1. The fourth-order valence-electron chi connectivity index (χ4n) is 3.19. The molecule has 0 radical (unpaired) electrons. The molecule has 1 saturated heterocycles. The van der Waals surface area contributed by atoms with E-state index < -0.39 is 0 Å². The number of para-hydroxylation sites is 1. The van der Waals surface area contributed by atoms with Crippen molar-refractivity contribution in [1.29, 1.82) is 0 Å². The molecule has 26 heavy (non-hydrogen) atoms. The molecule has 1 aliphatic heterocycles. The number of hydrogen-bond donors (Lipinski definition) is 1. The summed E-state index contributed by atoms with van der Waals surface area (Å²) < 4.78 is 5.27. The van der Waals surface area contributed by atoms with E-state index >= 15 is 0 Å². The molecular weight excluding hydrogens is 346 g/mol. The quantitative estimate of drug-likeness (QED) is 0.747. The third kappa shape index (κ3) is 4.08. The fourth-order valence-corrected chi connectivity index (χ4v) is 4.17. The number of nitrogens with one attached hydrogen (secondary N) is 1. The van der Waals surface area contributed by atoms with E-state index in [1.165, 1.54) is 17.1 Å². The summed E-state index contributed by atoms with van der Waals surface area (Å²) in [4.78, 5) is 14.9. The first-order chi connectivity index (χ1) is 12.8. The van der Waals surface area contributed by atoms with Gasteiger partial charge in [-0.15, -0.1) is 0 Å². The minimum absolute atomic E-state index is 0.0874. The first-order valence-electron chi connectivity index (χ1n) is 8.80. The van der Waals surface area contributed by atoms with Crippen LogP contribution in [-0.4, -0.2) is 40.6 Å². The molecule has 1 amide bonds. The van der Waals surface area contributed by atoms with Crippen LogP contribution in [0.15, 0.2) is 53.1 Å². The van der Waals surface area contributed by atoms with Crippen molar-refractivity contribution in [1.82, 2.24) is 10.1 Å². The van der Waals surface area contributed by atoms with Crippen LogP contribution < -0.4 is 5.32 Å². The minimum Gasteiger partial charge on any atom is -0.356 e. The molecule has 2 heterocycles. The predicted molar refractivity (Wildman–Crippen MR) is 105 cm³/mol. The van der Waals surface area contributed by atoms with Crippen molar-refractivity contribution >= 4 is 34.3 Å². The van der Waals surface area contributed by atoms with Gasteiger partial charge in [0.25, 0.3) is 0 Å². The molecule has 2 aromatic carbocycles. The van der Waals surface area contributed by atoms with Gasteiger partial charge in [-0.3, -0.25) is 9.69 Å². The van der Waals surface area contributed by atoms with E-state index in [0.29, 0.717) is 11.3 Å². The molecule has 0 spiro atoms. The fraction of sp³-hybridized carbons (Fsp3) is 0.300. The van der Waals surface area contributed by atoms with Crippen molar-refractivity contribution in [2.24, 2.45) is 0 Å². The first-order valence-corrected chi connectivity index (χ1v) is 9.95. The summed E-state index contributed by atoms with van der Waals surface area (Å²) in [6.07, 6.45) is 0.199. The van der Waals surface area contributed by atoms with Gasteiger partial charge in [0, 0.05) is 42.2 Å². The zero-order valence-corrected chi connectivity index (χ0v) is 15.3. The predicted octanol–water partition coefficient (Wildman–Crippen LogP) is 3.56. The second-order valence-corrected chi connectivity index (χ2v) is 7.66. The summed E-state index contributed by atoms with van der Waals surface area (Å²) >= 11 is 2.01. The maximum absolute atomic E-state index is 12.4. The molecule has 134 valence electrons. The van der Waals surface area contributed by atoms with Gasteiger partial charge < -0.3 is 9.84 Å². The van der Waals surface area contributed by atoms with Crippen molar-refractivity contribution in [2.45, 2.75) is 13.0 Å². The topological polar surface area (TPSA) is 58.4 Å². The van der Waals surface area contributed by atoms with Crippen molar-refractivity contribution in [3.05, 3.63) is 59.8 Å². The highest BCUT2D eigenvalue weighted by Crippen LogP contribution is 2.19. The summed E-state index contributed by atoms with van der Waals surface area (Å²) in [6.45, 7) is 3.18. The molecule has 4 rings (SSSR count). The number of hydrogen-bond acceptors (Lipinski definition) is 5. The van der Waals surface area contributed by atoms with Gasteiger partial charge in [0.2, 0.25) is 5.91 Å². The number of amides is 1. The second-order valence-electron chi connectivity index (χ2n) is 6.44. The summed E-state index contributed by atoms with van der Waals surface area (Å²) in [6, 6.07) is 15.7. The Balaban J connectivity index is 1.40. The van der Waals surface area contributed by atoms with E-state index in [2.05, 4.69) is 27.5 Å². The molecule has 3 aromatic rings. The molecule has 0 bridgehead atoms. The van der Waals surface area contributed by atoms with E-state index in [1.807, 2.05) is 48.2 Å². The number of nitrogens with zero attached hydrogens (tertiary/aromatic N) is 2. The van der Waals surface area contributed by atoms with Gasteiger partial charge in [0.15, 0.2) is 5.58 Å². The van der Waals surface area contributed by atoms with Crippen molar-refractivity contribution in [3.8, 4) is 0 Å². The molecular formula is C20H21N3O2S. The Kier molecular flexibility index (Phi) is 5.22. The van der Waals surface area contributed by atoms with Crippen LogP contribution in [0.3, 0.4) is 0 Å².